The first-order valence-corrected chi connectivity index (χ1v) is 10.9. The van der Waals surface area contributed by atoms with Crippen molar-refractivity contribution in [1.29, 1.82) is 0 Å². The largest absolute Gasteiger partial charge is 0.508 e. The zero-order valence-corrected chi connectivity index (χ0v) is 21.7. The minimum atomic E-state index is -0.360. The molecule has 2 aromatic rings. The van der Waals surface area contributed by atoms with Gasteiger partial charge in [-0.15, -0.1) is 35.3 Å². The Morgan fingerprint density at radius 2 is 1.91 bits per heavy atom. The summed E-state index contributed by atoms with van der Waals surface area (Å²) in [5.74, 6) is 0.105. The van der Waals surface area contributed by atoms with Gasteiger partial charge in [-0.3, -0.25) is 9.79 Å². The van der Waals surface area contributed by atoms with Crippen LogP contribution in [-0.4, -0.2) is 54.2 Å². The van der Waals surface area contributed by atoms with E-state index in [2.05, 4.69) is 25.9 Å². The van der Waals surface area contributed by atoms with Crippen molar-refractivity contribution in [2.75, 3.05) is 26.2 Å². The lowest BCUT2D eigenvalue weighted by Gasteiger charge is -2.16. The Balaban J connectivity index is 0.00000512. The van der Waals surface area contributed by atoms with Crippen LogP contribution >= 0.6 is 35.3 Å². The molecule has 0 saturated carbocycles. The van der Waals surface area contributed by atoms with Gasteiger partial charge in [-0.25, -0.2) is 9.78 Å². The van der Waals surface area contributed by atoms with Gasteiger partial charge < -0.3 is 25.8 Å². The van der Waals surface area contributed by atoms with E-state index < -0.39 is 0 Å². The second kappa shape index (κ2) is 13.9. The van der Waals surface area contributed by atoms with Gasteiger partial charge in [0.1, 0.15) is 15.6 Å². The van der Waals surface area contributed by atoms with Crippen LogP contribution in [0.1, 0.15) is 57.5 Å². The van der Waals surface area contributed by atoms with Crippen LogP contribution in [0.4, 0.5) is 0 Å². The predicted octanol–water partition coefficient (Wildman–Crippen LogP) is 3.00. The van der Waals surface area contributed by atoms with E-state index in [-0.39, 0.29) is 47.6 Å². The summed E-state index contributed by atoms with van der Waals surface area (Å²) in [5, 5.41) is 19.3. The molecule has 0 aliphatic heterocycles. The van der Waals surface area contributed by atoms with Crippen molar-refractivity contribution in [1.82, 2.24) is 20.9 Å². The number of thiazole rings is 1. The van der Waals surface area contributed by atoms with Gasteiger partial charge in [0, 0.05) is 18.7 Å². The Morgan fingerprint density at radius 1 is 1.22 bits per heavy atom. The first-order valence-electron chi connectivity index (χ1n) is 10.1. The van der Waals surface area contributed by atoms with Crippen LogP contribution in [0, 0.1) is 6.92 Å². The number of nitrogens with one attached hydrogen (secondary N) is 3. The number of aryl methyl sites for hydroxylation is 1. The van der Waals surface area contributed by atoms with Crippen LogP contribution in [0.25, 0.3) is 0 Å². The standard InChI is InChI=1S/C21H29N5O4S.HI/c1-5-22-21(24-12-11-23-18(28)15-7-9-16(27)10-8-15)26-14(4)19-25-13(3)17(31-19)20(29)30-6-2;/h7-10,14,27H,5-6,11-12H2,1-4H3,(H,23,28)(H2,22,24,26);1H. The molecule has 1 unspecified atom stereocenters. The molecule has 4 N–H and O–H groups in total. The van der Waals surface area contributed by atoms with Crippen LogP contribution in [-0.2, 0) is 4.74 Å². The number of guanidine groups is 1. The highest BCUT2D eigenvalue weighted by molar-refractivity contribution is 14.0. The highest BCUT2D eigenvalue weighted by Gasteiger charge is 2.20. The topological polar surface area (TPSA) is 125 Å². The maximum atomic E-state index is 12.1. The van der Waals surface area contributed by atoms with Crippen LogP contribution in [0.3, 0.4) is 0 Å². The van der Waals surface area contributed by atoms with Gasteiger partial charge in [-0.1, -0.05) is 0 Å². The van der Waals surface area contributed by atoms with Gasteiger partial charge in [-0.05, 0) is 52.0 Å². The van der Waals surface area contributed by atoms with Crippen molar-refractivity contribution in [2.24, 2.45) is 4.99 Å². The number of aromatic hydroxyl groups is 1. The van der Waals surface area contributed by atoms with Gasteiger partial charge in [0.2, 0.25) is 0 Å². The molecule has 0 aliphatic rings. The monoisotopic (exact) mass is 575 g/mol. The summed E-state index contributed by atoms with van der Waals surface area (Å²) < 4.78 is 5.07. The number of hydrogen-bond donors (Lipinski definition) is 4. The summed E-state index contributed by atoms with van der Waals surface area (Å²) >= 11 is 1.30. The number of halogens is 1. The van der Waals surface area contributed by atoms with Crippen molar-refractivity contribution in [2.45, 2.75) is 33.7 Å². The molecule has 176 valence electrons. The van der Waals surface area contributed by atoms with Crippen molar-refractivity contribution in [3.05, 3.63) is 45.4 Å². The fraction of sp³-hybridized carbons (Fsp3) is 0.429. The van der Waals surface area contributed by atoms with E-state index in [1.165, 1.54) is 23.5 Å². The first-order chi connectivity index (χ1) is 14.8. The Bertz CT molecular complexity index is 917. The van der Waals surface area contributed by atoms with E-state index in [9.17, 15) is 14.7 Å². The molecule has 0 bridgehead atoms. The predicted molar refractivity (Wildman–Crippen MR) is 136 cm³/mol. The fourth-order valence-electron chi connectivity index (χ4n) is 2.63. The minimum absolute atomic E-state index is 0. The van der Waals surface area contributed by atoms with Gasteiger partial charge >= 0.3 is 5.97 Å². The molecule has 1 heterocycles. The SMILES string of the molecule is CCNC(=NCCNC(=O)c1ccc(O)cc1)NC(C)c1nc(C)c(C(=O)OCC)s1.I. The lowest BCUT2D eigenvalue weighted by atomic mass is 10.2. The van der Waals surface area contributed by atoms with Crippen molar-refractivity contribution < 1.29 is 19.4 Å². The molecule has 9 nitrogen and oxygen atoms in total. The number of ether oxygens (including phenoxy) is 1. The number of hydrogen-bond acceptors (Lipinski definition) is 7. The molecule has 1 amide bonds. The number of aromatic nitrogens is 1. The average Bonchev–Trinajstić information content (AvgIpc) is 3.13. The van der Waals surface area contributed by atoms with Gasteiger partial charge in [0.05, 0.1) is 24.9 Å². The molecule has 32 heavy (non-hydrogen) atoms. The summed E-state index contributed by atoms with van der Waals surface area (Å²) in [6.07, 6.45) is 0. The highest BCUT2D eigenvalue weighted by Crippen LogP contribution is 2.24. The number of carbonyl (C=O) groups excluding carboxylic acids is 2. The molecule has 0 spiro atoms. The van der Waals surface area contributed by atoms with E-state index in [1.54, 1.807) is 26.0 Å². The van der Waals surface area contributed by atoms with E-state index in [4.69, 9.17) is 4.74 Å². The normalized spacial score (nSPS) is 11.8. The lowest BCUT2D eigenvalue weighted by Crippen LogP contribution is -2.39. The van der Waals surface area contributed by atoms with Crippen LogP contribution in [0.2, 0.25) is 0 Å². The van der Waals surface area contributed by atoms with Crippen molar-refractivity contribution in [3.63, 3.8) is 0 Å². The fourth-order valence-corrected chi connectivity index (χ4v) is 3.59. The molecule has 11 heteroatoms. The molecule has 0 radical (unpaired) electrons. The zero-order valence-electron chi connectivity index (χ0n) is 18.6. The number of aliphatic imine (C=N–C) groups is 1. The number of phenolic OH excluding ortho intramolecular Hbond substituents is 1. The van der Waals surface area contributed by atoms with Crippen molar-refractivity contribution in [3.8, 4) is 5.75 Å². The maximum absolute atomic E-state index is 12.1. The third-order valence-corrected chi connectivity index (χ3v) is 5.46. The third kappa shape index (κ3) is 8.26. The molecule has 2 rings (SSSR count). The highest BCUT2D eigenvalue weighted by atomic mass is 127. The van der Waals surface area contributed by atoms with Crippen molar-refractivity contribution >= 4 is 53.1 Å². The van der Waals surface area contributed by atoms with Gasteiger partial charge in [0.25, 0.3) is 5.91 Å². The summed E-state index contributed by atoms with van der Waals surface area (Å²) in [4.78, 5) is 33.6. The number of nitrogens with zero attached hydrogens (tertiary/aromatic N) is 2. The van der Waals surface area contributed by atoms with E-state index in [0.29, 0.717) is 48.3 Å². The molecule has 0 aliphatic carbocycles. The van der Waals surface area contributed by atoms with Gasteiger partial charge in [0.15, 0.2) is 5.96 Å². The Labute approximate surface area is 209 Å². The molecule has 0 saturated heterocycles. The first kappa shape index (κ1) is 27.6. The number of esters is 1. The number of phenols is 1. The summed E-state index contributed by atoms with van der Waals surface area (Å²) in [6, 6.07) is 5.88. The average molecular weight is 575 g/mol. The van der Waals surface area contributed by atoms with Crippen LogP contribution in [0.15, 0.2) is 29.3 Å². The summed E-state index contributed by atoms with van der Waals surface area (Å²) in [7, 11) is 0. The van der Waals surface area contributed by atoms with E-state index in [0.717, 1.165) is 5.01 Å². The molecular weight excluding hydrogens is 545 g/mol. The Hall–Kier alpha value is -2.41. The maximum Gasteiger partial charge on any atom is 0.350 e. The molecule has 1 aromatic carbocycles. The van der Waals surface area contributed by atoms with Crippen LogP contribution in [0.5, 0.6) is 5.75 Å². The number of benzene rings is 1. The zero-order chi connectivity index (χ0) is 22.8. The Kier molecular flexibility index (Phi) is 12.0. The molecule has 1 atom stereocenters. The molecule has 0 fully saturated rings. The molecular formula is C21H30IN5O4S. The van der Waals surface area contributed by atoms with Crippen LogP contribution < -0.4 is 16.0 Å². The number of carbonyl (C=O) groups is 2. The second-order valence-electron chi connectivity index (χ2n) is 6.62. The Morgan fingerprint density at radius 3 is 2.53 bits per heavy atom. The quantitative estimate of drug-likeness (QED) is 0.119. The van der Waals surface area contributed by atoms with Gasteiger partial charge in [-0.2, -0.15) is 0 Å². The number of rotatable bonds is 9. The number of amides is 1. The smallest absolute Gasteiger partial charge is 0.350 e. The molecule has 1 aromatic heterocycles. The summed E-state index contributed by atoms with van der Waals surface area (Å²) in [6.45, 7) is 9.17. The second-order valence-corrected chi connectivity index (χ2v) is 7.65. The third-order valence-electron chi connectivity index (χ3n) is 4.14. The van der Waals surface area contributed by atoms with E-state index >= 15 is 0 Å². The van der Waals surface area contributed by atoms with E-state index in [1.807, 2.05) is 13.8 Å². The minimum Gasteiger partial charge on any atom is -0.508 e. The lowest BCUT2D eigenvalue weighted by molar-refractivity contribution is 0.0531. The summed E-state index contributed by atoms with van der Waals surface area (Å²) in [5.41, 5.74) is 1.11.